The molecule has 238 valence electrons. The van der Waals surface area contributed by atoms with Gasteiger partial charge in [-0.2, -0.15) is 0 Å². The van der Waals surface area contributed by atoms with Crippen LogP contribution < -0.4 is 15.4 Å². The third kappa shape index (κ3) is 14.4. The van der Waals surface area contributed by atoms with E-state index in [1.54, 1.807) is 0 Å². The Bertz CT molecular complexity index is 1040. The number of Topliss-reactive ketones (excluding diaryl/α,β-unsaturated/α-hetero) is 1. The van der Waals surface area contributed by atoms with Crippen molar-refractivity contribution in [1.82, 2.24) is 15.4 Å². The normalized spacial score (nSPS) is 20.0. The van der Waals surface area contributed by atoms with Crippen LogP contribution in [0.4, 0.5) is 4.79 Å². The zero-order valence-corrected chi connectivity index (χ0v) is 25.4. The number of ketones is 1. The molecule has 0 aromatic carbocycles. The van der Waals surface area contributed by atoms with E-state index in [1.807, 2.05) is 0 Å². The minimum absolute atomic E-state index is 0.0624. The molecule has 0 spiro atoms. The summed E-state index contributed by atoms with van der Waals surface area (Å²) in [7, 11) is -1.03. The van der Waals surface area contributed by atoms with Gasteiger partial charge < -0.3 is 29.6 Å². The van der Waals surface area contributed by atoms with E-state index in [0.29, 0.717) is 44.0 Å². The number of nitrogens with one attached hydrogen (secondary N) is 3. The number of alkyl carbamates (subject to hydrolysis) is 1. The summed E-state index contributed by atoms with van der Waals surface area (Å²) in [6.45, 7) is 1.26. The lowest BCUT2D eigenvalue weighted by molar-refractivity contribution is -0.142. The predicted octanol–water partition coefficient (Wildman–Crippen LogP) is 0.770. The molecule has 13 nitrogen and oxygen atoms in total. The molecule has 2 aliphatic rings. The maximum atomic E-state index is 12.5. The molecule has 0 aliphatic heterocycles. The van der Waals surface area contributed by atoms with Gasteiger partial charge in [-0.3, -0.25) is 14.4 Å². The largest absolute Gasteiger partial charge is 0.462 e. The Morgan fingerprint density at radius 3 is 2.31 bits per heavy atom. The van der Waals surface area contributed by atoms with Crippen LogP contribution in [-0.2, 0) is 43.4 Å². The highest BCUT2D eigenvalue weighted by Crippen LogP contribution is 2.52. The molecule has 0 aromatic rings. The number of carbonyl (C=O) groups is 4. The second-order valence-electron chi connectivity index (χ2n) is 10.4. The lowest BCUT2D eigenvalue weighted by atomic mass is 9.96. The maximum Gasteiger partial charge on any atom is 0.407 e. The lowest BCUT2D eigenvalue weighted by Gasteiger charge is -2.15. The SMILES string of the molecule is CNC(=O)[C@@H](CCNS(=O)(=O)CC(=O)OCCOCCOC)CC(=O)CCCNC(=O)OCC1[C@H]2CCC#CCC[C@@H]12. The van der Waals surface area contributed by atoms with E-state index in [0.717, 1.165) is 25.7 Å². The Kier molecular flexibility index (Phi) is 16.4. The Labute approximate surface area is 248 Å². The number of fused-ring (bicyclic) bond motifs is 1. The molecule has 0 heterocycles. The minimum atomic E-state index is -3.99. The Morgan fingerprint density at radius 1 is 0.952 bits per heavy atom. The second-order valence-corrected chi connectivity index (χ2v) is 12.2. The Hall–Kier alpha value is -2.73. The van der Waals surface area contributed by atoms with Crippen molar-refractivity contribution in [3.63, 3.8) is 0 Å². The summed E-state index contributed by atoms with van der Waals surface area (Å²) in [5, 5.41) is 5.15. The van der Waals surface area contributed by atoms with Gasteiger partial charge in [0.2, 0.25) is 15.9 Å². The Morgan fingerprint density at radius 2 is 1.64 bits per heavy atom. The number of methoxy groups -OCH3 is 1. The summed E-state index contributed by atoms with van der Waals surface area (Å²) in [5.41, 5.74) is 0. The van der Waals surface area contributed by atoms with E-state index < -0.39 is 39.7 Å². The molecule has 0 radical (unpaired) electrons. The topological polar surface area (TPSA) is 175 Å². The number of amides is 2. The van der Waals surface area contributed by atoms with Gasteiger partial charge in [0.15, 0.2) is 5.75 Å². The van der Waals surface area contributed by atoms with Crippen molar-refractivity contribution in [1.29, 1.82) is 0 Å². The first-order valence-corrected chi connectivity index (χ1v) is 16.1. The molecule has 3 N–H and O–H groups in total. The molecule has 1 saturated carbocycles. The van der Waals surface area contributed by atoms with Gasteiger partial charge in [-0.25, -0.2) is 17.9 Å². The van der Waals surface area contributed by atoms with E-state index in [1.165, 1.54) is 14.2 Å². The third-order valence-electron chi connectivity index (χ3n) is 7.28. The van der Waals surface area contributed by atoms with Crippen molar-refractivity contribution < 1.29 is 46.5 Å². The molecule has 2 amide bonds. The summed E-state index contributed by atoms with van der Waals surface area (Å²) in [5.74, 6) is 4.76. The summed E-state index contributed by atoms with van der Waals surface area (Å²) in [6, 6.07) is 0. The van der Waals surface area contributed by atoms with Crippen LogP contribution >= 0.6 is 0 Å². The molecule has 42 heavy (non-hydrogen) atoms. The highest BCUT2D eigenvalue weighted by Gasteiger charge is 2.49. The summed E-state index contributed by atoms with van der Waals surface area (Å²) in [6.07, 6.45) is 3.92. The van der Waals surface area contributed by atoms with Crippen LogP contribution in [0.3, 0.4) is 0 Å². The Balaban J connectivity index is 1.59. The van der Waals surface area contributed by atoms with E-state index in [9.17, 15) is 27.6 Å². The molecular weight excluding hydrogens is 570 g/mol. The second kappa shape index (κ2) is 19.5. The summed E-state index contributed by atoms with van der Waals surface area (Å²) >= 11 is 0. The number of hydrogen-bond donors (Lipinski definition) is 3. The van der Waals surface area contributed by atoms with Crippen LogP contribution in [0.2, 0.25) is 0 Å². The fraction of sp³-hybridized carbons (Fsp3) is 0.786. The number of ether oxygens (including phenoxy) is 4. The van der Waals surface area contributed by atoms with Gasteiger partial charge in [-0.05, 0) is 43.4 Å². The van der Waals surface area contributed by atoms with Crippen molar-refractivity contribution >= 4 is 33.8 Å². The minimum Gasteiger partial charge on any atom is -0.462 e. The van der Waals surface area contributed by atoms with Crippen LogP contribution in [0.25, 0.3) is 0 Å². The van der Waals surface area contributed by atoms with Crippen LogP contribution in [-0.4, -0.2) is 98.2 Å². The zero-order valence-electron chi connectivity index (χ0n) is 24.6. The van der Waals surface area contributed by atoms with Crippen LogP contribution in [0.1, 0.15) is 51.4 Å². The number of rotatable bonds is 21. The van der Waals surface area contributed by atoms with Crippen molar-refractivity contribution in [2.75, 3.05) is 66.0 Å². The predicted molar refractivity (Wildman–Crippen MR) is 153 cm³/mol. The first-order valence-electron chi connectivity index (χ1n) is 14.5. The average Bonchev–Trinajstić information content (AvgIpc) is 3.58. The van der Waals surface area contributed by atoms with Gasteiger partial charge >= 0.3 is 12.1 Å². The van der Waals surface area contributed by atoms with Crippen LogP contribution in [0.15, 0.2) is 0 Å². The standard InChI is InChI=1S/C28H45N3O10S/c1-29-27(34)21(11-13-31-42(36,37)20-26(33)40-17-16-39-15-14-38-2)18-22(32)8-7-12-30-28(35)41-19-25-23-9-5-3-4-6-10-24(23)25/h21,23-25,31H,5-20H2,1-2H3,(H,29,34)(H,30,35)/t21-,23-,24+,25?/m0/s1. The van der Waals surface area contributed by atoms with Gasteiger partial charge in [-0.1, -0.05) is 0 Å². The van der Waals surface area contributed by atoms with E-state index in [-0.39, 0.29) is 51.3 Å². The number of hydrogen-bond acceptors (Lipinski definition) is 10. The smallest absolute Gasteiger partial charge is 0.407 e. The van der Waals surface area contributed by atoms with E-state index in [4.69, 9.17) is 18.9 Å². The van der Waals surface area contributed by atoms with E-state index >= 15 is 0 Å². The van der Waals surface area contributed by atoms with Crippen molar-refractivity contribution in [2.24, 2.45) is 23.7 Å². The molecular formula is C28H45N3O10S. The molecule has 2 aliphatic carbocycles. The van der Waals surface area contributed by atoms with Gasteiger partial charge in [0.25, 0.3) is 0 Å². The average molecular weight is 616 g/mol. The molecule has 0 saturated heterocycles. The van der Waals surface area contributed by atoms with Crippen molar-refractivity contribution in [3.05, 3.63) is 0 Å². The van der Waals surface area contributed by atoms with Gasteiger partial charge in [0.05, 0.1) is 26.4 Å². The maximum absolute atomic E-state index is 12.5. The summed E-state index contributed by atoms with van der Waals surface area (Å²) < 4.78 is 46.8. The quantitative estimate of drug-likeness (QED) is 0.0950. The molecule has 0 aromatic heterocycles. The zero-order chi connectivity index (χ0) is 30.8. The fourth-order valence-electron chi connectivity index (χ4n) is 4.98. The molecule has 2 rings (SSSR count). The molecule has 1 fully saturated rings. The molecule has 1 unspecified atom stereocenters. The summed E-state index contributed by atoms with van der Waals surface area (Å²) in [4.78, 5) is 48.6. The van der Waals surface area contributed by atoms with Crippen LogP contribution in [0, 0.1) is 35.5 Å². The van der Waals surface area contributed by atoms with E-state index in [2.05, 4.69) is 27.2 Å². The molecule has 14 heteroatoms. The van der Waals surface area contributed by atoms with Gasteiger partial charge in [-0.15, -0.1) is 11.8 Å². The van der Waals surface area contributed by atoms with Gasteiger partial charge in [0, 0.05) is 58.8 Å². The first-order chi connectivity index (χ1) is 20.2. The van der Waals surface area contributed by atoms with Crippen molar-refractivity contribution in [3.8, 4) is 11.8 Å². The highest BCUT2D eigenvalue weighted by atomic mass is 32.2. The number of sulfonamides is 1. The van der Waals surface area contributed by atoms with Crippen LogP contribution in [0.5, 0.6) is 0 Å². The lowest BCUT2D eigenvalue weighted by Crippen LogP contribution is -2.35. The monoisotopic (exact) mass is 615 g/mol. The first kappa shape index (κ1) is 35.5. The highest BCUT2D eigenvalue weighted by molar-refractivity contribution is 7.90. The van der Waals surface area contributed by atoms with Crippen molar-refractivity contribution in [2.45, 2.75) is 51.4 Å². The number of esters is 1. The number of carbonyl (C=O) groups excluding carboxylic acids is 4. The molecule has 0 bridgehead atoms. The molecule has 4 atom stereocenters. The van der Waals surface area contributed by atoms with Gasteiger partial charge in [0.1, 0.15) is 12.4 Å². The third-order valence-corrected chi connectivity index (χ3v) is 8.54. The fourth-order valence-corrected chi connectivity index (χ4v) is 5.91.